The van der Waals surface area contributed by atoms with Crippen molar-refractivity contribution in [2.24, 2.45) is 5.92 Å². The van der Waals surface area contributed by atoms with E-state index in [0.29, 0.717) is 5.92 Å². The van der Waals surface area contributed by atoms with Crippen molar-refractivity contribution in [3.8, 4) is 0 Å². The molecular formula is C15H33Cl2NSiTi. The summed E-state index contributed by atoms with van der Waals surface area (Å²) in [6.45, 7) is 16.2. The van der Waals surface area contributed by atoms with Crippen molar-refractivity contribution in [1.82, 2.24) is 3.80 Å². The first-order valence-corrected chi connectivity index (χ1v) is 15.7. The van der Waals surface area contributed by atoms with E-state index in [0.717, 1.165) is 0 Å². The van der Waals surface area contributed by atoms with Crippen molar-refractivity contribution in [3.05, 3.63) is 20.6 Å². The average Bonchev–Trinajstić information content (AvgIpc) is 2.25. The molecule has 0 aromatic carbocycles. The number of halogens is 2. The molecule has 1 N–H and O–H groups in total. The Morgan fingerprint density at radius 2 is 1.40 bits per heavy atom. The molecule has 1 unspecified atom stereocenters. The van der Waals surface area contributed by atoms with Gasteiger partial charge >= 0.3 is 117 Å². The zero-order valence-corrected chi connectivity index (χ0v) is 19.2. The SMILES string of the molecule is CC1=C(C)C(C)[C]([Ti]([CH3])([CH3])(=[SiH2])[NH]C(C)(C)C)=C1C.Cl.Cl. The molecule has 0 saturated heterocycles. The van der Waals surface area contributed by atoms with Crippen molar-refractivity contribution in [3.63, 3.8) is 0 Å². The number of nitrogens with one attached hydrogen (secondary N) is 1. The maximum absolute atomic E-state index is 4.04. The first-order valence-electron chi connectivity index (χ1n) is 7.01. The summed E-state index contributed by atoms with van der Waals surface area (Å²) in [5.41, 5.74) is 4.86. The molecule has 1 rings (SSSR count). The van der Waals surface area contributed by atoms with Crippen LogP contribution in [-0.4, -0.2) is 13.2 Å². The van der Waals surface area contributed by atoms with Crippen molar-refractivity contribution < 1.29 is 14.3 Å². The molecule has 1 nitrogen and oxygen atoms in total. The molecule has 0 amide bonds. The Labute approximate surface area is 141 Å². The molecule has 5 heteroatoms. The minimum Gasteiger partial charge on any atom is -0.147 e. The van der Waals surface area contributed by atoms with Crippen LogP contribution < -0.4 is 3.80 Å². The molecule has 0 heterocycles. The van der Waals surface area contributed by atoms with E-state index < -0.39 is 14.3 Å². The van der Waals surface area contributed by atoms with Gasteiger partial charge in [-0.2, -0.15) is 0 Å². The minimum atomic E-state index is -2.74. The molecule has 1 aliphatic carbocycles. The van der Waals surface area contributed by atoms with Gasteiger partial charge in [0.05, 0.1) is 0 Å². The van der Waals surface area contributed by atoms with Crippen LogP contribution in [0.5, 0.6) is 0 Å². The van der Waals surface area contributed by atoms with Crippen LogP contribution in [0, 0.1) is 5.92 Å². The smallest absolute Gasteiger partial charge is 0.147 e. The first-order chi connectivity index (χ1) is 7.75. The Hall–Kier alpha value is 0.951. The molecule has 0 radical (unpaired) electrons. The third-order valence-electron chi connectivity index (χ3n) is 4.28. The Morgan fingerprint density at radius 3 is 1.65 bits per heavy atom. The van der Waals surface area contributed by atoms with Crippen LogP contribution in [0.2, 0.25) is 10.5 Å². The van der Waals surface area contributed by atoms with Crippen molar-refractivity contribution in [2.45, 2.75) is 64.5 Å². The number of hydrogen-bond acceptors (Lipinski definition) is 1. The molecule has 1 atom stereocenters. The van der Waals surface area contributed by atoms with E-state index in [9.17, 15) is 0 Å². The van der Waals surface area contributed by atoms with Crippen molar-refractivity contribution in [2.75, 3.05) is 0 Å². The van der Waals surface area contributed by atoms with Gasteiger partial charge in [-0.05, 0) is 0 Å². The maximum Gasteiger partial charge on any atom is -0.147 e. The molecular weight excluding hydrogens is 341 g/mol. The van der Waals surface area contributed by atoms with Gasteiger partial charge in [0.25, 0.3) is 0 Å². The summed E-state index contributed by atoms with van der Waals surface area (Å²) in [4.78, 5) is 0. The van der Waals surface area contributed by atoms with Crippen LogP contribution in [0.1, 0.15) is 48.5 Å². The predicted molar refractivity (Wildman–Crippen MR) is 97.9 cm³/mol. The van der Waals surface area contributed by atoms with Crippen molar-refractivity contribution >= 4 is 32.4 Å². The molecule has 0 bridgehead atoms. The van der Waals surface area contributed by atoms with E-state index in [1.54, 1.807) is 15.0 Å². The fraction of sp³-hybridized carbons (Fsp3) is 0.733. The molecule has 1 aliphatic rings. The van der Waals surface area contributed by atoms with E-state index in [1.807, 2.05) is 0 Å². The largest absolute Gasteiger partial charge is 0.147 e. The first kappa shape index (κ1) is 23.2. The zero-order valence-electron chi connectivity index (χ0n) is 14.6. The van der Waals surface area contributed by atoms with Gasteiger partial charge in [-0.3, -0.25) is 0 Å². The number of hydrogen-bond donors (Lipinski definition) is 1. The van der Waals surface area contributed by atoms with E-state index in [1.165, 1.54) is 5.57 Å². The minimum absolute atomic E-state index is 0. The van der Waals surface area contributed by atoms with Gasteiger partial charge in [-0.1, -0.05) is 0 Å². The summed E-state index contributed by atoms with van der Waals surface area (Å²) in [6, 6.07) is 0. The Morgan fingerprint density at radius 1 is 1.00 bits per heavy atom. The molecule has 0 saturated carbocycles. The van der Waals surface area contributed by atoms with Crippen LogP contribution in [0.4, 0.5) is 0 Å². The summed E-state index contributed by atoms with van der Waals surface area (Å²) in [5, 5.41) is 5.06. The quantitative estimate of drug-likeness (QED) is 0.690. The molecule has 0 aromatic rings. The fourth-order valence-electron chi connectivity index (χ4n) is 3.93. The van der Waals surface area contributed by atoms with Gasteiger partial charge in [-0.15, -0.1) is 24.8 Å². The summed E-state index contributed by atoms with van der Waals surface area (Å²) in [7, 11) is 2.27. The molecule has 0 aromatic heterocycles. The summed E-state index contributed by atoms with van der Waals surface area (Å²) in [6.07, 6.45) is 0. The van der Waals surface area contributed by atoms with Crippen LogP contribution in [-0.2, 0) is 14.3 Å². The van der Waals surface area contributed by atoms with Gasteiger partial charge < -0.3 is 0 Å². The van der Waals surface area contributed by atoms with Crippen LogP contribution in [0.15, 0.2) is 20.6 Å². The molecule has 0 spiro atoms. The fourth-order valence-corrected chi connectivity index (χ4v) is 17.1. The Kier molecular flexibility index (Phi) is 7.66. The van der Waals surface area contributed by atoms with Crippen LogP contribution in [0.3, 0.4) is 0 Å². The zero-order chi connectivity index (χ0) is 14.5. The van der Waals surface area contributed by atoms with E-state index in [4.69, 9.17) is 0 Å². The van der Waals surface area contributed by atoms with Gasteiger partial charge in [0.2, 0.25) is 0 Å². The third kappa shape index (κ3) is 4.72. The molecule has 20 heavy (non-hydrogen) atoms. The second-order valence-electron chi connectivity index (χ2n) is 8.13. The molecule has 0 fully saturated rings. The van der Waals surface area contributed by atoms with Gasteiger partial charge in [0.15, 0.2) is 0 Å². The Bertz CT molecular complexity index is 506. The van der Waals surface area contributed by atoms with Crippen molar-refractivity contribution in [1.29, 1.82) is 0 Å². The normalized spacial score (nSPS) is 20.8. The van der Waals surface area contributed by atoms with E-state index in [-0.39, 0.29) is 30.4 Å². The van der Waals surface area contributed by atoms with Gasteiger partial charge in [-0.25, -0.2) is 0 Å². The van der Waals surface area contributed by atoms with Crippen LogP contribution in [0.25, 0.3) is 0 Å². The number of allylic oxidation sites excluding steroid dienone is 4. The summed E-state index contributed by atoms with van der Waals surface area (Å²) in [5.74, 6) is 0.629. The van der Waals surface area contributed by atoms with Crippen LogP contribution >= 0.6 is 24.8 Å². The Balaban J connectivity index is 0. The third-order valence-corrected chi connectivity index (χ3v) is 13.0. The monoisotopic (exact) mass is 373 g/mol. The second kappa shape index (κ2) is 6.60. The van der Waals surface area contributed by atoms with Gasteiger partial charge in [0, 0.05) is 0 Å². The predicted octanol–water partition coefficient (Wildman–Crippen LogP) is 4.73. The number of rotatable bonds is 2. The second-order valence-corrected chi connectivity index (χ2v) is 26.5. The average molecular weight is 374 g/mol. The summed E-state index contributed by atoms with van der Waals surface area (Å²) >= 11 is -2.74. The molecule has 120 valence electrons. The standard InChI is InChI=1S/C9H13.C4H10N.2CH3.2ClH.H2Si.Ti/c1-6-5-7(2)9(4)8(6)3;1-4(2,3)5;;;;;;/h6H,1-4H3;5H,1-3H3;2*1H3;2*1H;1H2;/q;-1;;;;;;+1. The topological polar surface area (TPSA) is 12.0 Å². The van der Waals surface area contributed by atoms with E-state index >= 15 is 0 Å². The maximum atomic E-state index is 4.04. The summed E-state index contributed by atoms with van der Waals surface area (Å²) < 4.78 is 5.78. The van der Waals surface area contributed by atoms with E-state index in [2.05, 4.69) is 70.4 Å². The molecule has 0 aliphatic heterocycles. The van der Waals surface area contributed by atoms with Gasteiger partial charge in [0.1, 0.15) is 0 Å².